The molecule has 0 aliphatic rings. The largest absolute Gasteiger partial charge is 0.497 e. The van der Waals surface area contributed by atoms with Crippen molar-refractivity contribution in [2.45, 2.75) is 24.2 Å². The average Bonchev–Trinajstić information content (AvgIpc) is 2.35. The monoisotopic (exact) mass is 253 g/mol. The second-order valence-corrected chi connectivity index (χ2v) is 5.72. The van der Waals surface area contributed by atoms with Gasteiger partial charge in [-0.2, -0.15) is 5.26 Å². The number of hydrogen-bond donors (Lipinski definition) is 0. The molecular weight excluding hydrogens is 238 g/mol. The van der Waals surface area contributed by atoms with Crippen LogP contribution in [0, 0.1) is 11.3 Å². The van der Waals surface area contributed by atoms with Gasteiger partial charge in [-0.15, -0.1) is 0 Å². The lowest BCUT2D eigenvalue weighted by molar-refractivity contribution is 0.413. The molecule has 0 atom stereocenters. The molecule has 0 aliphatic heterocycles. The lowest BCUT2D eigenvalue weighted by Crippen LogP contribution is -2.06. The third-order valence-electron chi connectivity index (χ3n) is 2.35. The molecule has 0 spiro atoms. The Morgan fingerprint density at radius 1 is 1.35 bits per heavy atom. The number of unbranched alkanes of at least 4 members (excludes halogenated alkanes) is 2. The first-order chi connectivity index (χ1) is 8.10. The molecule has 0 amide bonds. The lowest BCUT2D eigenvalue weighted by Gasteiger charge is -2.05. The highest BCUT2D eigenvalue weighted by Crippen LogP contribution is 2.19. The van der Waals surface area contributed by atoms with E-state index in [2.05, 4.69) is 0 Å². The quantitative estimate of drug-likeness (QED) is 0.729. The number of nitrogens with zero attached hydrogens (tertiary/aromatic N) is 1. The molecule has 1 aromatic rings. The Morgan fingerprint density at radius 2 is 2.12 bits per heavy atom. The van der Waals surface area contributed by atoms with Crippen molar-refractivity contribution in [3.05, 3.63) is 24.3 Å². The standard InChI is InChI=1S/C12H15NO3S/c1-16-11-6-5-7-12(10-11)17(14,15)9-4-2-3-8-13/h5-7,10H,2-4,9H2,1H3. The molecule has 1 rings (SSSR count). The minimum Gasteiger partial charge on any atom is -0.497 e. The van der Waals surface area contributed by atoms with Crippen molar-refractivity contribution in [2.24, 2.45) is 0 Å². The Hall–Kier alpha value is -1.54. The summed E-state index contributed by atoms with van der Waals surface area (Å²) in [5.74, 6) is 0.602. The second kappa shape index (κ2) is 6.26. The molecule has 0 heterocycles. The van der Waals surface area contributed by atoms with E-state index >= 15 is 0 Å². The Kier molecular flexibility index (Phi) is 4.98. The number of rotatable bonds is 6. The van der Waals surface area contributed by atoms with Gasteiger partial charge in [-0.3, -0.25) is 0 Å². The van der Waals surface area contributed by atoms with Crippen LogP contribution in [0.4, 0.5) is 0 Å². The van der Waals surface area contributed by atoms with Crippen LogP contribution in [0.1, 0.15) is 19.3 Å². The van der Waals surface area contributed by atoms with Gasteiger partial charge in [-0.25, -0.2) is 8.42 Å². The van der Waals surface area contributed by atoms with Gasteiger partial charge in [0.15, 0.2) is 9.84 Å². The van der Waals surface area contributed by atoms with Gasteiger partial charge in [-0.05, 0) is 31.0 Å². The van der Waals surface area contributed by atoms with Crippen molar-refractivity contribution in [3.8, 4) is 11.8 Å². The molecule has 0 fully saturated rings. The van der Waals surface area contributed by atoms with E-state index in [-0.39, 0.29) is 10.6 Å². The number of methoxy groups -OCH3 is 1. The molecule has 4 nitrogen and oxygen atoms in total. The molecule has 0 N–H and O–H groups in total. The van der Waals surface area contributed by atoms with Gasteiger partial charge in [0.25, 0.3) is 0 Å². The second-order valence-electron chi connectivity index (χ2n) is 3.61. The van der Waals surface area contributed by atoms with E-state index in [0.717, 1.165) is 0 Å². The summed E-state index contributed by atoms with van der Waals surface area (Å²) in [7, 11) is -1.76. The minimum atomic E-state index is -3.26. The van der Waals surface area contributed by atoms with Gasteiger partial charge in [0.05, 0.1) is 23.8 Å². The van der Waals surface area contributed by atoms with Crippen molar-refractivity contribution < 1.29 is 13.2 Å². The van der Waals surface area contributed by atoms with Gasteiger partial charge < -0.3 is 4.74 Å². The van der Waals surface area contributed by atoms with Gasteiger partial charge in [0.2, 0.25) is 0 Å². The summed E-state index contributed by atoms with van der Waals surface area (Å²) >= 11 is 0. The van der Waals surface area contributed by atoms with Crippen molar-refractivity contribution in [2.75, 3.05) is 12.9 Å². The van der Waals surface area contributed by atoms with E-state index in [1.807, 2.05) is 6.07 Å². The number of nitriles is 1. The molecule has 0 unspecified atom stereocenters. The minimum absolute atomic E-state index is 0.0713. The Morgan fingerprint density at radius 3 is 2.76 bits per heavy atom. The van der Waals surface area contributed by atoms with Crippen molar-refractivity contribution in [1.29, 1.82) is 5.26 Å². The molecule has 5 heteroatoms. The maximum atomic E-state index is 11.9. The zero-order valence-electron chi connectivity index (χ0n) is 9.72. The van der Waals surface area contributed by atoms with Crippen LogP contribution in [0.2, 0.25) is 0 Å². The molecule has 0 aliphatic carbocycles. The van der Waals surface area contributed by atoms with Crippen LogP contribution in [0.5, 0.6) is 5.75 Å². The molecule has 0 aromatic heterocycles. The van der Waals surface area contributed by atoms with E-state index in [9.17, 15) is 8.42 Å². The number of hydrogen-bond acceptors (Lipinski definition) is 4. The molecule has 17 heavy (non-hydrogen) atoms. The summed E-state index contributed by atoms with van der Waals surface area (Å²) in [5, 5.41) is 8.37. The third-order valence-corrected chi connectivity index (χ3v) is 4.15. The summed E-state index contributed by atoms with van der Waals surface area (Å²) < 4.78 is 28.8. The molecule has 0 saturated carbocycles. The zero-order valence-corrected chi connectivity index (χ0v) is 10.5. The summed E-state index contributed by atoms with van der Waals surface area (Å²) in [6, 6.07) is 8.43. The molecule has 0 saturated heterocycles. The molecule has 92 valence electrons. The molecule has 1 aromatic carbocycles. The van der Waals surface area contributed by atoms with E-state index in [1.165, 1.54) is 13.2 Å². The van der Waals surface area contributed by atoms with Crippen LogP contribution in [0.25, 0.3) is 0 Å². The van der Waals surface area contributed by atoms with Gasteiger partial charge >= 0.3 is 0 Å². The highest BCUT2D eigenvalue weighted by molar-refractivity contribution is 7.91. The predicted molar refractivity (Wildman–Crippen MR) is 64.5 cm³/mol. The SMILES string of the molecule is COc1cccc(S(=O)(=O)CCCCC#N)c1. The Bertz CT molecular complexity index is 503. The summed E-state index contributed by atoms with van der Waals surface area (Å²) in [5.41, 5.74) is 0. The smallest absolute Gasteiger partial charge is 0.178 e. The van der Waals surface area contributed by atoms with Crippen molar-refractivity contribution >= 4 is 9.84 Å². The fourth-order valence-corrected chi connectivity index (χ4v) is 2.81. The maximum absolute atomic E-state index is 11.9. The van der Waals surface area contributed by atoms with Crippen LogP contribution in [0.3, 0.4) is 0 Å². The number of sulfone groups is 1. The summed E-state index contributed by atoms with van der Waals surface area (Å²) in [4.78, 5) is 0.272. The Labute approximate surface area is 102 Å². The number of benzene rings is 1. The van der Waals surface area contributed by atoms with E-state index < -0.39 is 9.84 Å². The Balaban J connectivity index is 2.72. The molecule has 0 bridgehead atoms. The number of ether oxygens (including phenoxy) is 1. The highest BCUT2D eigenvalue weighted by atomic mass is 32.2. The van der Waals surface area contributed by atoms with Gasteiger partial charge in [0.1, 0.15) is 5.75 Å². The molecule has 0 radical (unpaired) electrons. The van der Waals surface area contributed by atoms with Crippen LogP contribution in [-0.2, 0) is 9.84 Å². The molecular formula is C12H15NO3S. The zero-order chi connectivity index (χ0) is 12.7. The first kappa shape index (κ1) is 13.5. The fraction of sp³-hybridized carbons (Fsp3) is 0.417. The van der Waals surface area contributed by atoms with Crippen molar-refractivity contribution in [3.63, 3.8) is 0 Å². The highest BCUT2D eigenvalue weighted by Gasteiger charge is 2.14. The lowest BCUT2D eigenvalue weighted by atomic mass is 10.3. The maximum Gasteiger partial charge on any atom is 0.178 e. The van der Waals surface area contributed by atoms with E-state index in [0.29, 0.717) is 25.0 Å². The van der Waals surface area contributed by atoms with Crippen LogP contribution in [-0.4, -0.2) is 21.3 Å². The first-order valence-corrected chi connectivity index (χ1v) is 6.99. The summed E-state index contributed by atoms with van der Waals surface area (Å²) in [6.07, 6.45) is 1.51. The average molecular weight is 253 g/mol. The van der Waals surface area contributed by atoms with E-state index in [4.69, 9.17) is 10.00 Å². The van der Waals surface area contributed by atoms with Gasteiger partial charge in [-0.1, -0.05) is 6.07 Å². The third kappa shape index (κ3) is 4.08. The van der Waals surface area contributed by atoms with Crippen LogP contribution in [0.15, 0.2) is 29.2 Å². The van der Waals surface area contributed by atoms with Gasteiger partial charge in [0, 0.05) is 6.42 Å². The topological polar surface area (TPSA) is 67.2 Å². The van der Waals surface area contributed by atoms with Crippen molar-refractivity contribution in [1.82, 2.24) is 0 Å². The van der Waals surface area contributed by atoms with Crippen LogP contribution >= 0.6 is 0 Å². The summed E-state index contributed by atoms with van der Waals surface area (Å²) in [6.45, 7) is 0. The fourth-order valence-electron chi connectivity index (χ4n) is 1.41. The first-order valence-electron chi connectivity index (χ1n) is 5.34. The predicted octanol–water partition coefficient (Wildman–Crippen LogP) is 2.16. The van der Waals surface area contributed by atoms with Crippen LogP contribution < -0.4 is 4.74 Å². The van der Waals surface area contributed by atoms with E-state index in [1.54, 1.807) is 18.2 Å². The normalized spacial score (nSPS) is 10.8.